The first kappa shape index (κ1) is 16.5. The van der Waals surface area contributed by atoms with Gasteiger partial charge in [-0.1, -0.05) is 12.2 Å². The maximum absolute atomic E-state index is 11.6. The van der Waals surface area contributed by atoms with Crippen molar-refractivity contribution in [1.29, 1.82) is 0 Å². The largest absolute Gasteiger partial charge is 0.444 e. The number of hydroxylamine groups is 1. The van der Waals surface area contributed by atoms with E-state index in [0.29, 0.717) is 17.1 Å². The van der Waals surface area contributed by atoms with E-state index in [0.717, 1.165) is 0 Å². The average molecular weight is 279 g/mol. The number of nitrogens with one attached hydrogen (secondary N) is 1. The molecular weight excluding hydrogens is 258 g/mol. The Bertz CT molecular complexity index is 264. The number of amides is 1. The summed E-state index contributed by atoms with van der Waals surface area (Å²) < 4.78 is 3.52. The molecule has 0 saturated heterocycles. The lowest BCUT2D eigenvalue weighted by Crippen LogP contribution is -2.37. The van der Waals surface area contributed by atoms with Crippen LogP contribution in [0.1, 0.15) is 34.6 Å². The van der Waals surface area contributed by atoms with E-state index < -0.39 is 6.09 Å². The van der Waals surface area contributed by atoms with Gasteiger partial charge < -0.3 is 4.84 Å². The van der Waals surface area contributed by atoms with Crippen LogP contribution in [0.15, 0.2) is 0 Å². The summed E-state index contributed by atoms with van der Waals surface area (Å²) in [4.78, 5) is 16.8. The summed E-state index contributed by atoms with van der Waals surface area (Å²) in [7, 11) is 1.66. The monoisotopic (exact) mass is 279 g/mol. The van der Waals surface area contributed by atoms with Crippen molar-refractivity contribution in [2.75, 3.05) is 7.05 Å². The van der Waals surface area contributed by atoms with Gasteiger partial charge in [0.25, 0.3) is 0 Å². The molecule has 0 radical (unpaired) electrons. The van der Waals surface area contributed by atoms with Gasteiger partial charge in [-0.2, -0.15) is 0 Å². The van der Waals surface area contributed by atoms with Crippen molar-refractivity contribution in [3.63, 3.8) is 0 Å². The van der Waals surface area contributed by atoms with Crippen LogP contribution in [0.5, 0.6) is 0 Å². The zero-order valence-corrected chi connectivity index (χ0v) is 12.8. The first-order chi connectivity index (χ1) is 7.75. The van der Waals surface area contributed by atoms with Crippen LogP contribution in [0.4, 0.5) is 4.79 Å². The van der Waals surface area contributed by atoms with E-state index in [1.165, 1.54) is 16.4 Å². The molecule has 1 amide bonds. The highest BCUT2D eigenvalue weighted by molar-refractivity contribution is 7.95. The van der Waals surface area contributed by atoms with Gasteiger partial charge in [0.2, 0.25) is 0 Å². The molecule has 0 atom stereocenters. The molecule has 17 heavy (non-hydrogen) atoms. The second-order valence-electron chi connectivity index (χ2n) is 4.15. The van der Waals surface area contributed by atoms with Gasteiger partial charge in [0.1, 0.15) is 4.99 Å². The highest BCUT2D eigenvalue weighted by Gasteiger charge is 2.20. The molecule has 0 bridgehead atoms. The zero-order chi connectivity index (χ0) is 13.6. The van der Waals surface area contributed by atoms with Crippen LogP contribution in [0.2, 0.25) is 0 Å². The third-order valence-electron chi connectivity index (χ3n) is 1.77. The highest BCUT2D eigenvalue weighted by Crippen LogP contribution is 2.21. The van der Waals surface area contributed by atoms with Gasteiger partial charge in [-0.05, 0) is 34.6 Å². The molecule has 0 saturated carbocycles. The number of nitrogens with zero attached hydrogens (tertiary/aromatic N) is 2. The highest BCUT2D eigenvalue weighted by atomic mass is 32.2. The molecule has 100 valence electrons. The second-order valence-corrected chi connectivity index (χ2v) is 5.90. The zero-order valence-electron chi connectivity index (χ0n) is 11.2. The molecule has 0 aromatic rings. The Morgan fingerprint density at radius 1 is 1.29 bits per heavy atom. The van der Waals surface area contributed by atoms with E-state index >= 15 is 0 Å². The lowest BCUT2D eigenvalue weighted by molar-refractivity contribution is 0.107. The maximum atomic E-state index is 11.6. The minimum Gasteiger partial charge on any atom is -0.323 e. The van der Waals surface area contributed by atoms with Crippen molar-refractivity contribution >= 4 is 35.4 Å². The van der Waals surface area contributed by atoms with Crippen molar-refractivity contribution in [2.24, 2.45) is 0 Å². The molecule has 0 aliphatic heterocycles. The van der Waals surface area contributed by atoms with Crippen LogP contribution in [0, 0.1) is 0 Å². The van der Waals surface area contributed by atoms with Crippen LogP contribution in [0.3, 0.4) is 0 Å². The van der Waals surface area contributed by atoms with Gasteiger partial charge in [-0.25, -0.2) is 18.9 Å². The Labute approximate surface area is 113 Å². The Hall–Kier alpha value is -0.530. The minimum atomic E-state index is -0.481. The van der Waals surface area contributed by atoms with E-state index in [9.17, 15) is 4.79 Å². The van der Waals surface area contributed by atoms with Crippen LogP contribution >= 0.6 is 24.4 Å². The van der Waals surface area contributed by atoms with Crippen LogP contribution in [0.25, 0.3) is 0 Å². The van der Waals surface area contributed by atoms with E-state index in [2.05, 4.69) is 37.5 Å². The fourth-order valence-corrected chi connectivity index (χ4v) is 1.94. The summed E-state index contributed by atoms with van der Waals surface area (Å²) in [5.41, 5.74) is 2.37. The molecule has 0 aliphatic rings. The van der Waals surface area contributed by atoms with Crippen LogP contribution in [-0.4, -0.2) is 38.8 Å². The lowest BCUT2D eigenvalue weighted by atomic mass is 10.3. The first-order valence-corrected chi connectivity index (χ1v) is 6.57. The number of hydrogen-bond acceptors (Lipinski definition) is 5. The number of hydrogen-bond donors (Lipinski definition) is 1. The minimum absolute atomic E-state index is 0.329. The third-order valence-corrected chi connectivity index (χ3v) is 3.28. The number of rotatable bonds is 4. The molecular formula is C10H21N3O2S2. The molecule has 5 nitrogen and oxygen atoms in total. The first-order valence-electron chi connectivity index (χ1n) is 5.43. The maximum Gasteiger partial charge on any atom is 0.444 e. The van der Waals surface area contributed by atoms with Gasteiger partial charge >= 0.3 is 6.09 Å². The molecule has 0 aromatic heterocycles. The third kappa shape index (κ3) is 6.70. The standard InChI is InChI=1S/C10H21N3O2S2/c1-7(2)13(8(3)4)17-12(6)10(14)15-11-9(5)16/h7-8H,1-6H3,(H,11,16). The van der Waals surface area contributed by atoms with Crippen LogP contribution in [-0.2, 0) is 4.84 Å². The van der Waals surface area contributed by atoms with Gasteiger partial charge in [0.05, 0.1) is 0 Å². The predicted molar refractivity (Wildman–Crippen MR) is 75.4 cm³/mol. The lowest BCUT2D eigenvalue weighted by Gasteiger charge is -2.31. The smallest absolute Gasteiger partial charge is 0.323 e. The van der Waals surface area contributed by atoms with Gasteiger partial charge in [-0.3, -0.25) is 0 Å². The quantitative estimate of drug-likeness (QED) is 0.485. The van der Waals surface area contributed by atoms with E-state index in [1.54, 1.807) is 14.0 Å². The fraction of sp³-hybridized carbons (Fsp3) is 0.800. The average Bonchev–Trinajstić information content (AvgIpc) is 2.20. The number of carbonyl (C=O) groups is 1. The summed E-state index contributed by atoms with van der Waals surface area (Å²) in [6.45, 7) is 9.94. The molecule has 0 heterocycles. The summed E-state index contributed by atoms with van der Waals surface area (Å²) in [6.07, 6.45) is -0.481. The molecule has 0 aliphatic carbocycles. The Balaban J connectivity index is 4.25. The fourth-order valence-electron chi connectivity index (χ4n) is 1.14. The van der Waals surface area contributed by atoms with Gasteiger partial charge in [-0.15, -0.1) is 0 Å². The molecule has 0 aromatic carbocycles. The second kappa shape index (κ2) is 7.73. The summed E-state index contributed by atoms with van der Waals surface area (Å²) >= 11 is 6.08. The Morgan fingerprint density at radius 2 is 1.76 bits per heavy atom. The number of thiocarbonyl (C=S) groups is 1. The van der Waals surface area contributed by atoms with Crippen molar-refractivity contribution in [2.45, 2.75) is 46.7 Å². The van der Waals surface area contributed by atoms with Crippen LogP contribution < -0.4 is 5.48 Å². The summed E-state index contributed by atoms with van der Waals surface area (Å²) in [5, 5.41) is 0. The van der Waals surface area contributed by atoms with E-state index in [-0.39, 0.29) is 0 Å². The molecule has 0 rings (SSSR count). The topological polar surface area (TPSA) is 44.8 Å². The Morgan fingerprint density at radius 3 is 2.12 bits per heavy atom. The van der Waals surface area contributed by atoms with E-state index in [1.807, 2.05) is 0 Å². The SMILES string of the molecule is CC(=S)NOC(=O)N(C)SN(C(C)C)C(C)C. The predicted octanol–water partition coefficient (Wildman–Crippen LogP) is 2.59. The molecule has 7 heteroatoms. The van der Waals surface area contributed by atoms with Crippen molar-refractivity contribution < 1.29 is 9.63 Å². The summed E-state index contributed by atoms with van der Waals surface area (Å²) in [6, 6.07) is 0.658. The van der Waals surface area contributed by atoms with Crippen molar-refractivity contribution in [3.05, 3.63) is 0 Å². The molecule has 0 fully saturated rings. The van der Waals surface area contributed by atoms with Crippen molar-refractivity contribution in [3.8, 4) is 0 Å². The molecule has 0 unspecified atom stereocenters. The Kier molecular flexibility index (Phi) is 7.49. The van der Waals surface area contributed by atoms with Gasteiger partial charge in [0, 0.05) is 31.3 Å². The van der Waals surface area contributed by atoms with Gasteiger partial charge in [0.15, 0.2) is 0 Å². The number of carbonyl (C=O) groups excluding carboxylic acids is 1. The van der Waals surface area contributed by atoms with Crippen molar-refractivity contribution in [1.82, 2.24) is 14.1 Å². The molecule has 0 spiro atoms. The van der Waals surface area contributed by atoms with E-state index in [4.69, 9.17) is 17.1 Å². The molecule has 1 N–H and O–H groups in total. The normalized spacial score (nSPS) is 10.9. The summed E-state index contributed by atoms with van der Waals surface area (Å²) in [5.74, 6) is 0.